The molecule has 6 heteroatoms. The minimum Gasteiger partial charge on any atom is -0.271 e. The van der Waals surface area contributed by atoms with Crippen molar-refractivity contribution in [2.75, 3.05) is 0 Å². The van der Waals surface area contributed by atoms with Gasteiger partial charge >= 0.3 is 0 Å². The Bertz CT molecular complexity index is 522. The number of benzene rings is 1. The zero-order valence-corrected chi connectivity index (χ0v) is 11.1. The van der Waals surface area contributed by atoms with E-state index in [4.69, 9.17) is 0 Å². The first kappa shape index (κ1) is 12.0. The van der Waals surface area contributed by atoms with Crippen LogP contribution in [-0.2, 0) is 13.0 Å². The smallest absolute Gasteiger partial charge is 0.269 e. The predicted octanol–water partition coefficient (Wildman–Crippen LogP) is 2.64. The molecule has 0 spiro atoms. The summed E-state index contributed by atoms with van der Waals surface area (Å²) in [7, 11) is 0. The van der Waals surface area contributed by atoms with Crippen molar-refractivity contribution in [3.8, 4) is 0 Å². The molecule has 5 nitrogen and oxygen atoms in total. The minimum atomic E-state index is -0.389. The van der Waals surface area contributed by atoms with Crippen LogP contribution in [-0.4, -0.2) is 14.7 Å². The standard InChI is InChI=1S/C11H10IN3O2/c12-10-7-13-14(8-10)6-5-9-1-3-11(4-2-9)15(16)17/h1-4,7-8H,5-6H2. The van der Waals surface area contributed by atoms with Crippen molar-refractivity contribution in [3.63, 3.8) is 0 Å². The monoisotopic (exact) mass is 343 g/mol. The molecule has 1 heterocycles. The molecule has 0 aliphatic heterocycles. The Hall–Kier alpha value is -1.44. The number of aromatic nitrogens is 2. The molecular formula is C11H10IN3O2. The third-order valence-corrected chi connectivity index (χ3v) is 2.94. The maximum absolute atomic E-state index is 10.5. The first-order valence-electron chi connectivity index (χ1n) is 5.06. The van der Waals surface area contributed by atoms with Gasteiger partial charge in [0.05, 0.1) is 14.7 Å². The minimum absolute atomic E-state index is 0.127. The summed E-state index contributed by atoms with van der Waals surface area (Å²) in [5.74, 6) is 0. The molecule has 0 N–H and O–H groups in total. The molecule has 1 aromatic carbocycles. The summed E-state index contributed by atoms with van der Waals surface area (Å²) >= 11 is 2.21. The van der Waals surface area contributed by atoms with Gasteiger partial charge in [-0.1, -0.05) is 12.1 Å². The first-order valence-corrected chi connectivity index (χ1v) is 6.14. The summed E-state index contributed by atoms with van der Waals surface area (Å²) < 4.78 is 2.97. The second-order valence-electron chi connectivity index (χ2n) is 3.60. The van der Waals surface area contributed by atoms with Crippen molar-refractivity contribution < 1.29 is 4.92 Å². The van der Waals surface area contributed by atoms with Crippen LogP contribution >= 0.6 is 22.6 Å². The van der Waals surface area contributed by atoms with E-state index in [-0.39, 0.29) is 10.6 Å². The molecule has 0 saturated carbocycles. The molecule has 1 aromatic heterocycles. The van der Waals surface area contributed by atoms with Crippen LogP contribution in [0.2, 0.25) is 0 Å². The summed E-state index contributed by atoms with van der Waals surface area (Å²) in [6, 6.07) is 6.63. The van der Waals surface area contributed by atoms with E-state index in [1.54, 1.807) is 18.3 Å². The van der Waals surface area contributed by atoms with Gasteiger partial charge in [-0.15, -0.1) is 0 Å². The van der Waals surface area contributed by atoms with Crippen molar-refractivity contribution in [2.45, 2.75) is 13.0 Å². The lowest BCUT2D eigenvalue weighted by Crippen LogP contribution is -2.01. The van der Waals surface area contributed by atoms with Gasteiger partial charge in [0, 0.05) is 24.9 Å². The molecule has 0 saturated heterocycles. The third-order valence-electron chi connectivity index (χ3n) is 2.38. The quantitative estimate of drug-likeness (QED) is 0.487. The Morgan fingerprint density at radius 1 is 1.35 bits per heavy atom. The van der Waals surface area contributed by atoms with E-state index in [0.717, 1.165) is 22.1 Å². The van der Waals surface area contributed by atoms with Gasteiger partial charge in [-0.2, -0.15) is 5.10 Å². The van der Waals surface area contributed by atoms with E-state index in [9.17, 15) is 10.1 Å². The fourth-order valence-corrected chi connectivity index (χ4v) is 1.93. The van der Waals surface area contributed by atoms with Crippen LogP contribution in [0.25, 0.3) is 0 Å². The molecule has 0 amide bonds. The molecule has 0 aliphatic carbocycles. The topological polar surface area (TPSA) is 61.0 Å². The molecule has 0 bridgehead atoms. The highest BCUT2D eigenvalue weighted by Gasteiger charge is 2.04. The lowest BCUT2D eigenvalue weighted by atomic mass is 10.1. The van der Waals surface area contributed by atoms with Crippen molar-refractivity contribution in [1.82, 2.24) is 9.78 Å². The lowest BCUT2D eigenvalue weighted by Gasteiger charge is -2.01. The fraction of sp³-hybridized carbons (Fsp3) is 0.182. The third kappa shape index (κ3) is 3.26. The van der Waals surface area contributed by atoms with Gasteiger partial charge in [-0.3, -0.25) is 14.8 Å². The number of rotatable bonds is 4. The number of nitro groups is 1. The largest absolute Gasteiger partial charge is 0.271 e. The number of nitrogens with zero attached hydrogens (tertiary/aromatic N) is 3. The lowest BCUT2D eigenvalue weighted by molar-refractivity contribution is -0.384. The highest BCUT2D eigenvalue weighted by molar-refractivity contribution is 14.1. The molecular weight excluding hydrogens is 333 g/mol. The van der Waals surface area contributed by atoms with E-state index in [1.807, 2.05) is 10.9 Å². The van der Waals surface area contributed by atoms with Gasteiger partial charge < -0.3 is 0 Å². The summed E-state index contributed by atoms with van der Waals surface area (Å²) in [5, 5.41) is 14.7. The van der Waals surface area contributed by atoms with Gasteiger partial charge in [0.25, 0.3) is 5.69 Å². The van der Waals surface area contributed by atoms with Crippen LogP contribution in [0.1, 0.15) is 5.56 Å². The van der Waals surface area contributed by atoms with E-state index >= 15 is 0 Å². The SMILES string of the molecule is O=[N+]([O-])c1ccc(CCn2cc(I)cn2)cc1. The van der Waals surface area contributed by atoms with Gasteiger partial charge in [0.2, 0.25) is 0 Å². The second kappa shape index (κ2) is 5.26. The van der Waals surface area contributed by atoms with Crippen LogP contribution in [0.15, 0.2) is 36.7 Å². The van der Waals surface area contributed by atoms with Gasteiger partial charge in [0.15, 0.2) is 0 Å². The Morgan fingerprint density at radius 3 is 2.59 bits per heavy atom. The average molecular weight is 343 g/mol. The van der Waals surface area contributed by atoms with Crippen molar-refractivity contribution in [2.24, 2.45) is 0 Å². The second-order valence-corrected chi connectivity index (χ2v) is 4.84. The molecule has 88 valence electrons. The number of hydrogen-bond acceptors (Lipinski definition) is 3. The van der Waals surface area contributed by atoms with Crippen molar-refractivity contribution >= 4 is 28.3 Å². The zero-order valence-electron chi connectivity index (χ0n) is 8.91. The van der Waals surface area contributed by atoms with Crippen molar-refractivity contribution in [1.29, 1.82) is 0 Å². The highest BCUT2D eigenvalue weighted by atomic mass is 127. The normalized spacial score (nSPS) is 10.4. The molecule has 0 atom stereocenters. The van der Waals surface area contributed by atoms with Gasteiger partial charge in [0.1, 0.15) is 0 Å². The molecule has 0 unspecified atom stereocenters. The Morgan fingerprint density at radius 2 is 2.06 bits per heavy atom. The van der Waals surface area contributed by atoms with Crippen LogP contribution in [0.3, 0.4) is 0 Å². The number of aryl methyl sites for hydroxylation is 2. The summed E-state index contributed by atoms with van der Waals surface area (Å²) in [4.78, 5) is 10.1. The molecule has 0 fully saturated rings. The van der Waals surface area contributed by atoms with Crippen LogP contribution in [0.4, 0.5) is 5.69 Å². The summed E-state index contributed by atoms with van der Waals surface area (Å²) in [6.07, 6.45) is 4.58. The molecule has 17 heavy (non-hydrogen) atoms. The zero-order chi connectivity index (χ0) is 12.3. The van der Waals surface area contributed by atoms with Crippen LogP contribution < -0.4 is 0 Å². The summed E-state index contributed by atoms with van der Waals surface area (Å²) in [6.45, 7) is 0.779. The molecule has 0 aliphatic rings. The van der Waals surface area contributed by atoms with Crippen LogP contribution in [0, 0.1) is 13.7 Å². The maximum atomic E-state index is 10.5. The number of halogens is 1. The Kier molecular flexibility index (Phi) is 3.72. The molecule has 2 aromatic rings. The van der Waals surface area contributed by atoms with E-state index in [2.05, 4.69) is 27.7 Å². The first-order chi connectivity index (χ1) is 8.15. The molecule has 2 rings (SSSR count). The van der Waals surface area contributed by atoms with Gasteiger partial charge in [-0.05, 0) is 34.6 Å². The van der Waals surface area contributed by atoms with Crippen LogP contribution in [0.5, 0.6) is 0 Å². The van der Waals surface area contributed by atoms with Crippen molar-refractivity contribution in [3.05, 3.63) is 55.9 Å². The maximum Gasteiger partial charge on any atom is 0.269 e. The number of nitro benzene ring substituents is 1. The van der Waals surface area contributed by atoms with E-state index in [0.29, 0.717) is 0 Å². The Balaban J connectivity index is 1.97. The molecule has 0 radical (unpaired) electrons. The fourth-order valence-electron chi connectivity index (χ4n) is 1.49. The average Bonchev–Trinajstić information content (AvgIpc) is 2.73. The van der Waals surface area contributed by atoms with E-state index < -0.39 is 0 Å². The van der Waals surface area contributed by atoms with E-state index in [1.165, 1.54) is 12.1 Å². The predicted molar refractivity (Wildman–Crippen MR) is 71.7 cm³/mol. The highest BCUT2D eigenvalue weighted by Crippen LogP contribution is 2.12. The summed E-state index contributed by atoms with van der Waals surface area (Å²) in [5.41, 5.74) is 1.20. The number of non-ortho nitro benzene ring substituents is 1. The van der Waals surface area contributed by atoms with Gasteiger partial charge in [-0.25, -0.2) is 0 Å². The Labute approximate surface area is 112 Å². The number of hydrogen-bond donors (Lipinski definition) is 0.